The highest BCUT2D eigenvalue weighted by molar-refractivity contribution is 5.20. The van der Waals surface area contributed by atoms with Crippen molar-refractivity contribution in [3.05, 3.63) is 30.3 Å². The van der Waals surface area contributed by atoms with Crippen LogP contribution in [0.5, 0.6) is 5.75 Å². The molecule has 2 nitrogen and oxygen atoms in total. The predicted molar refractivity (Wildman–Crippen MR) is 62.5 cm³/mol. The van der Waals surface area contributed by atoms with Crippen LogP contribution in [0.2, 0.25) is 0 Å². The molecule has 0 aliphatic carbocycles. The summed E-state index contributed by atoms with van der Waals surface area (Å²) in [5.74, 6) is 1.15. The Morgan fingerprint density at radius 3 is 2.81 bits per heavy atom. The van der Waals surface area contributed by atoms with Crippen molar-refractivity contribution in [3.63, 3.8) is 0 Å². The number of hydrogen-bond acceptors (Lipinski definition) is 2. The van der Waals surface area contributed by atoms with Crippen LogP contribution in [0.25, 0.3) is 0 Å². The molecule has 1 aromatic rings. The second kappa shape index (κ2) is 5.85. The van der Waals surface area contributed by atoms with E-state index in [1.165, 1.54) is 0 Å². The Morgan fingerprint density at radius 2 is 2.12 bits per heavy atom. The van der Waals surface area contributed by atoms with Crippen LogP contribution >= 0.6 is 0 Å². The summed E-state index contributed by atoms with van der Waals surface area (Å²) >= 11 is 0. The van der Waals surface area contributed by atoms with Crippen molar-refractivity contribution < 1.29 is 9.13 Å². The number of likely N-dealkylation sites (tertiary alicyclic amines) is 1. The SMILES string of the molecule is FCC1CCN(CCOc2ccccc2)C1. The van der Waals surface area contributed by atoms with Gasteiger partial charge >= 0.3 is 0 Å². The van der Waals surface area contributed by atoms with Crippen molar-refractivity contribution >= 4 is 0 Å². The third-order valence-electron chi connectivity index (χ3n) is 3.01. The first kappa shape index (κ1) is 11.4. The van der Waals surface area contributed by atoms with Crippen LogP contribution in [0.4, 0.5) is 4.39 Å². The number of benzene rings is 1. The zero-order valence-electron chi connectivity index (χ0n) is 9.44. The van der Waals surface area contributed by atoms with E-state index in [0.717, 1.165) is 31.8 Å². The first-order valence-electron chi connectivity index (χ1n) is 5.84. The number of ether oxygens (including phenoxy) is 1. The van der Waals surface area contributed by atoms with Gasteiger partial charge in [-0.25, -0.2) is 0 Å². The maximum atomic E-state index is 12.4. The monoisotopic (exact) mass is 223 g/mol. The van der Waals surface area contributed by atoms with Crippen LogP contribution in [0, 0.1) is 5.92 Å². The Hall–Kier alpha value is -1.09. The maximum absolute atomic E-state index is 12.4. The maximum Gasteiger partial charge on any atom is 0.119 e. The second-order valence-corrected chi connectivity index (χ2v) is 4.27. The van der Waals surface area contributed by atoms with Crippen molar-refractivity contribution in [2.75, 3.05) is 32.9 Å². The van der Waals surface area contributed by atoms with Gasteiger partial charge in [-0.15, -0.1) is 0 Å². The van der Waals surface area contributed by atoms with E-state index in [1.54, 1.807) is 0 Å². The molecule has 1 aromatic carbocycles. The van der Waals surface area contributed by atoms with Gasteiger partial charge in [0, 0.05) is 19.0 Å². The van der Waals surface area contributed by atoms with Crippen LogP contribution in [0.1, 0.15) is 6.42 Å². The molecule has 1 fully saturated rings. The molecular formula is C13H18FNO. The number of rotatable bonds is 5. The van der Waals surface area contributed by atoms with Gasteiger partial charge in [0.05, 0.1) is 6.67 Å². The number of hydrogen-bond donors (Lipinski definition) is 0. The topological polar surface area (TPSA) is 12.5 Å². The van der Waals surface area contributed by atoms with Crippen LogP contribution in [-0.2, 0) is 0 Å². The van der Waals surface area contributed by atoms with Gasteiger partial charge in [-0.2, -0.15) is 0 Å². The average molecular weight is 223 g/mol. The molecule has 16 heavy (non-hydrogen) atoms. The summed E-state index contributed by atoms with van der Waals surface area (Å²) in [5.41, 5.74) is 0. The Labute approximate surface area is 96.0 Å². The minimum absolute atomic E-state index is 0.184. The van der Waals surface area contributed by atoms with Gasteiger partial charge in [0.1, 0.15) is 12.4 Å². The number of nitrogens with zero attached hydrogens (tertiary/aromatic N) is 1. The molecular weight excluding hydrogens is 205 g/mol. The molecule has 0 bridgehead atoms. The van der Waals surface area contributed by atoms with E-state index in [2.05, 4.69) is 4.90 Å². The summed E-state index contributed by atoms with van der Waals surface area (Å²) < 4.78 is 18.0. The van der Waals surface area contributed by atoms with E-state index >= 15 is 0 Å². The van der Waals surface area contributed by atoms with Gasteiger partial charge in [0.15, 0.2) is 0 Å². The first-order chi connectivity index (χ1) is 7.88. The fourth-order valence-electron chi connectivity index (χ4n) is 2.05. The normalized spacial score (nSPS) is 21.2. The largest absolute Gasteiger partial charge is 0.492 e. The molecule has 1 heterocycles. The van der Waals surface area contributed by atoms with Gasteiger partial charge in [0.2, 0.25) is 0 Å². The zero-order valence-corrected chi connectivity index (χ0v) is 9.44. The highest BCUT2D eigenvalue weighted by atomic mass is 19.1. The molecule has 0 N–H and O–H groups in total. The summed E-state index contributed by atoms with van der Waals surface area (Å²) in [6, 6.07) is 9.80. The second-order valence-electron chi connectivity index (χ2n) is 4.27. The quantitative estimate of drug-likeness (QED) is 0.759. The van der Waals surface area contributed by atoms with E-state index in [0.29, 0.717) is 6.61 Å². The van der Waals surface area contributed by atoms with Crippen LogP contribution in [0.3, 0.4) is 0 Å². The van der Waals surface area contributed by atoms with Crippen LogP contribution < -0.4 is 4.74 Å². The van der Waals surface area contributed by atoms with Gasteiger partial charge in [-0.05, 0) is 25.1 Å². The van der Waals surface area contributed by atoms with Crippen molar-refractivity contribution in [2.24, 2.45) is 5.92 Å². The van der Waals surface area contributed by atoms with Crippen molar-refractivity contribution in [3.8, 4) is 5.75 Å². The Kier molecular flexibility index (Phi) is 4.17. The molecule has 1 atom stereocenters. The summed E-state index contributed by atoms with van der Waals surface area (Å²) in [7, 11) is 0. The molecule has 88 valence electrons. The minimum atomic E-state index is -0.184. The fraction of sp³-hybridized carbons (Fsp3) is 0.538. The molecule has 0 amide bonds. The molecule has 0 spiro atoms. The van der Waals surface area contributed by atoms with E-state index in [9.17, 15) is 4.39 Å². The van der Waals surface area contributed by atoms with Crippen LogP contribution in [0.15, 0.2) is 30.3 Å². The molecule has 0 aromatic heterocycles. The lowest BCUT2D eigenvalue weighted by molar-refractivity contribution is 0.228. The lowest BCUT2D eigenvalue weighted by Crippen LogP contribution is -2.26. The summed E-state index contributed by atoms with van der Waals surface area (Å²) in [4.78, 5) is 2.27. The summed E-state index contributed by atoms with van der Waals surface area (Å²) in [6.45, 7) is 3.28. The molecule has 1 aliphatic rings. The molecule has 0 radical (unpaired) electrons. The molecule has 3 heteroatoms. The van der Waals surface area contributed by atoms with E-state index in [-0.39, 0.29) is 12.6 Å². The first-order valence-corrected chi connectivity index (χ1v) is 5.84. The third-order valence-corrected chi connectivity index (χ3v) is 3.01. The zero-order chi connectivity index (χ0) is 11.2. The number of alkyl halides is 1. The highest BCUT2D eigenvalue weighted by Gasteiger charge is 2.21. The van der Waals surface area contributed by atoms with Gasteiger partial charge < -0.3 is 4.74 Å². The molecule has 2 rings (SSSR count). The Balaban J connectivity index is 1.65. The Bertz CT molecular complexity index is 304. The van der Waals surface area contributed by atoms with Gasteiger partial charge in [-0.1, -0.05) is 18.2 Å². The van der Waals surface area contributed by atoms with Gasteiger partial charge in [-0.3, -0.25) is 9.29 Å². The standard InChI is InChI=1S/C13H18FNO/c14-10-12-6-7-15(11-12)8-9-16-13-4-2-1-3-5-13/h1-5,12H,6-11H2. The molecule has 1 aliphatic heterocycles. The van der Waals surface area contributed by atoms with Crippen molar-refractivity contribution in [2.45, 2.75) is 6.42 Å². The Morgan fingerprint density at radius 1 is 1.31 bits per heavy atom. The van der Waals surface area contributed by atoms with Crippen LogP contribution in [-0.4, -0.2) is 37.8 Å². The highest BCUT2D eigenvalue weighted by Crippen LogP contribution is 2.16. The van der Waals surface area contributed by atoms with E-state index in [1.807, 2.05) is 30.3 Å². The lowest BCUT2D eigenvalue weighted by atomic mass is 10.1. The predicted octanol–water partition coefficient (Wildman–Crippen LogP) is 2.36. The van der Waals surface area contributed by atoms with E-state index in [4.69, 9.17) is 4.74 Å². The lowest BCUT2D eigenvalue weighted by Gasteiger charge is -2.15. The molecule has 1 saturated heterocycles. The summed E-state index contributed by atoms with van der Waals surface area (Å²) in [5, 5.41) is 0. The summed E-state index contributed by atoms with van der Waals surface area (Å²) in [6.07, 6.45) is 0.988. The molecule has 0 saturated carbocycles. The van der Waals surface area contributed by atoms with Crippen molar-refractivity contribution in [1.29, 1.82) is 0 Å². The smallest absolute Gasteiger partial charge is 0.119 e. The van der Waals surface area contributed by atoms with Crippen molar-refractivity contribution in [1.82, 2.24) is 4.90 Å². The van der Waals surface area contributed by atoms with E-state index < -0.39 is 0 Å². The average Bonchev–Trinajstić information content (AvgIpc) is 2.78. The fourth-order valence-corrected chi connectivity index (χ4v) is 2.05. The molecule has 1 unspecified atom stereocenters. The number of para-hydroxylation sites is 1. The number of halogens is 1. The third kappa shape index (κ3) is 3.20. The van der Waals surface area contributed by atoms with Gasteiger partial charge in [0.25, 0.3) is 0 Å². The minimum Gasteiger partial charge on any atom is -0.492 e.